The van der Waals surface area contributed by atoms with Crippen LogP contribution in [0, 0.1) is 5.92 Å². The predicted octanol–water partition coefficient (Wildman–Crippen LogP) is 3.15. The van der Waals surface area contributed by atoms with E-state index < -0.39 is 6.03 Å². The highest BCUT2D eigenvalue weighted by Crippen LogP contribution is 2.45. The highest BCUT2D eigenvalue weighted by Gasteiger charge is 2.32. The van der Waals surface area contributed by atoms with Crippen molar-refractivity contribution in [3.05, 3.63) is 72.1 Å². The van der Waals surface area contributed by atoms with Crippen molar-refractivity contribution in [3.63, 3.8) is 0 Å². The number of nitrogens with one attached hydrogen (secondary N) is 1. The molecule has 0 heterocycles. The van der Waals surface area contributed by atoms with E-state index in [0.717, 1.165) is 12.0 Å². The Morgan fingerprint density at radius 3 is 2.59 bits per heavy atom. The molecule has 1 aliphatic carbocycles. The SMILES string of the molecule is C=C(/C=C(\C=C/N)CC(c1ccccc1)C1CC1)NC(N)=O. The van der Waals surface area contributed by atoms with Crippen LogP contribution in [0.5, 0.6) is 0 Å². The van der Waals surface area contributed by atoms with Gasteiger partial charge in [0.1, 0.15) is 0 Å². The number of hydrogen-bond donors (Lipinski definition) is 3. The second kappa shape index (κ2) is 7.50. The van der Waals surface area contributed by atoms with Crippen LogP contribution >= 0.6 is 0 Å². The molecule has 2 rings (SSSR count). The van der Waals surface area contributed by atoms with Crippen molar-refractivity contribution < 1.29 is 4.79 Å². The number of benzene rings is 1. The van der Waals surface area contributed by atoms with E-state index in [2.05, 4.69) is 36.2 Å². The van der Waals surface area contributed by atoms with Gasteiger partial charge in [0.25, 0.3) is 0 Å². The molecule has 116 valence electrons. The number of amides is 2. The fourth-order valence-electron chi connectivity index (χ4n) is 2.73. The number of allylic oxidation sites excluding steroid dienone is 3. The molecular weight excluding hydrogens is 274 g/mol. The van der Waals surface area contributed by atoms with Gasteiger partial charge in [-0.2, -0.15) is 0 Å². The third kappa shape index (κ3) is 4.81. The molecule has 4 heteroatoms. The highest BCUT2D eigenvalue weighted by molar-refractivity contribution is 5.74. The minimum absolute atomic E-state index is 0.463. The molecule has 2 amide bonds. The molecule has 0 saturated heterocycles. The van der Waals surface area contributed by atoms with Crippen LogP contribution in [0.2, 0.25) is 0 Å². The highest BCUT2D eigenvalue weighted by atomic mass is 16.2. The normalized spacial score (nSPS) is 16.5. The van der Waals surface area contributed by atoms with Crippen LogP contribution in [0.15, 0.2) is 66.5 Å². The maximum atomic E-state index is 10.9. The van der Waals surface area contributed by atoms with Crippen molar-refractivity contribution in [2.24, 2.45) is 17.4 Å². The lowest BCUT2D eigenvalue weighted by molar-refractivity contribution is 0.251. The minimum Gasteiger partial charge on any atom is -0.405 e. The van der Waals surface area contributed by atoms with Gasteiger partial charge in [0.15, 0.2) is 0 Å². The first-order valence-corrected chi connectivity index (χ1v) is 7.49. The zero-order valence-corrected chi connectivity index (χ0v) is 12.7. The van der Waals surface area contributed by atoms with Gasteiger partial charge in [-0.15, -0.1) is 0 Å². The molecule has 1 saturated carbocycles. The van der Waals surface area contributed by atoms with Crippen molar-refractivity contribution in [1.29, 1.82) is 0 Å². The first-order valence-electron chi connectivity index (χ1n) is 7.49. The number of nitrogens with two attached hydrogens (primary N) is 2. The molecule has 22 heavy (non-hydrogen) atoms. The summed E-state index contributed by atoms with van der Waals surface area (Å²) in [5.74, 6) is 1.18. The molecule has 1 unspecified atom stereocenters. The van der Waals surface area contributed by atoms with Gasteiger partial charge in [-0.05, 0) is 60.6 Å². The molecule has 5 N–H and O–H groups in total. The molecule has 0 aliphatic heterocycles. The molecule has 1 aliphatic rings. The third-order valence-corrected chi connectivity index (χ3v) is 3.83. The first-order chi connectivity index (χ1) is 10.6. The second-order valence-corrected chi connectivity index (χ2v) is 5.65. The van der Waals surface area contributed by atoms with Crippen molar-refractivity contribution >= 4 is 6.03 Å². The van der Waals surface area contributed by atoms with Crippen LogP contribution in [0.4, 0.5) is 4.79 Å². The van der Waals surface area contributed by atoms with Crippen LogP contribution in [0.1, 0.15) is 30.7 Å². The summed E-state index contributed by atoms with van der Waals surface area (Å²) >= 11 is 0. The summed E-state index contributed by atoms with van der Waals surface area (Å²) in [4.78, 5) is 10.9. The van der Waals surface area contributed by atoms with Crippen LogP contribution in [-0.2, 0) is 0 Å². The third-order valence-electron chi connectivity index (χ3n) is 3.83. The van der Waals surface area contributed by atoms with Gasteiger partial charge < -0.3 is 16.8 Å². The van der Waals surface area contributed by atoms with E-state index in [1.54, 1.807) is 0 Å². The average molecular weight is 297 g/mol. The summed E-state index contributed by atoms with van der Waals surface area (Å²) in [6.07, 6.45) is 8.58. The van der Waals surface area contributed by atoms with Gasteiger partial charge in [0, 0.05) is 5.70 Å². The van der Waals surface area contributed by atoms with Gasteiger partial charge in [-0.1, -0.05) is 36.9 Å². The van der Waals surface area contributed by atoms with E-state index in [0.29, 0.717) is 17.5 Å². The Hall–Kier alpha value is -2.49. The van der Waals surface area contributed by atoms with Crippen molar-refractivity contribution in [2.75, 3.05) is 0 Å². The average Bonchev–Trinajstić information content (AvgIpc) is 3.29. The van der Waals surface area contributed by atoms with E-state index in [9.17, 15) is 4.79 Å². The number of carbonyl (C=O) groups is 1. The number of rotatable bonds is 7. The van der Waals surface area contributed by atoms with Gasteiger partial charge in [0.2, 0.25) is 0 Å². The molecule has 1 aromatic rings. The number of primary amides is 1. The number of carbonyl (C=O) groups excluding carboxylic acids is 1. The monoisotopic (exact) mass is 297 g/mol. The van der Waals surface area contributed by atoms with Crippen molar-refractivity contribution in [2.45, 2.75) is 25.2 Å². The summed E-state index contributed by atoms with van der Waals surface area (Å²) < 4.78 is 0. The topological polar surface area (TPSA) is 81.1 Å². The van der Waals surface area contributed by atoms with E-state index in [1.807, 2.05) is 18.2 Å². The Balaban J connectivity index is 2.16. The van der Waals surface area contributed by atoms with Crippen LogP contribution in [0.3, 0.4) is 0 Å². The van der Waals surface area contributed by atoms with E-state index in [4.69, 9.17) is 11.5 Å². The molecular formula is C18H23N3O. The number of hydrogen-bond acceptors (Lipinski definition) is 2. The van der Waals surface area contributed by atoms with Gasteiger partial charge in [-0.25, -0.2) is 4.79 Å². The summed E-state index contributed by atoms with van der Waals surface area (Å²) in [5.41, 5.74) is 13.5. The Morgan fingerprint density at radius 1 is 1.36 bits per heavy atom. The van der Waals surface area contributed by atoms with E-state index in [-0.39, 0.29) is 0 Å². The molecule has 0 radical (unpaired) electrons. The van der Waals surface area contributed by atoms with E-state index in [1.165, 1.54) is 24.6 Å². The molecule has 1 aromatic carbocycles. The minimum atomic E-state index is -0.612. The lowest BCUT2D eigenvalue weighted by Crippen LogP contribution is -2.27. The van der Waals surface area contributed by atoms with Crippen LogP contribution < -0.4 is 16.8 Å². The molecule has 1 atom stereocenters. The lowest BCUT2D eigenvalue weighted by Gasteiger charge is -2.18. The van der Waals surface area contributed by atoms with Crippen molar-refractivity contribution in [3.8, 4) is 0 Å². The summed E-state index contributed by atoms with van der Waals surface area (Å²) in [7, 11) is 0. The standard InChI is InChI=1S/C18H23N3O/c1-13(21-18(20)22)11-14(9-10-19)12-17(16-7-8-16)15-5-3-2-4-6-15/h2-6,9-11,16-17H,1,7-8,12,19H2,(H3,20,21,22)/b10-9-,14-11+. The van der Waals surface area contributed by atoms with Gasteiger partial charge in [0.05, 0.1) is 0 Å². The fourth-order valence-corrected chi connectivity index (χ4v) is 2.73. The molecule has 0 spiro atoms. The maximum Gasteiger partial charge on any atom is 0.316 e. The van der Waals surface area contributed by atoms with Crippen LogP contribution in [-0.4, -0.2) is 6.03 Å². The Bertz CT molecular complexity index is 586. The quantitative estimate of drug-likeness (QED) is 0.676. The fraction of sp³-hybridized carbons (Fsp3) is 0.278. The zero-order valence-electron chi connectivity index (χ0n) is 12.7. The Labute approximate surface area is 131 Å². The Kier molecular flexibility index (Phi) is 5.42. The maximum absolute atomic E-state index is 10.9. The van der Waals surface area contributed by atoms with Gasteiger partial charge in [-0.3, -0.25) is 0 Å². The first kappa shape index (κ1) is 15.9. The lowest BCUT2D eigenvalue weighted by atomic mass is 9.87. The predicted molar refractivity (Wildman–Crippen MR) is 89.8 cm³/mol. The summed E-state index contributed by atoms with van der Waals surface area (Å²) in [5, 5.41) is 2.48. The van der Waals surface area contributed by atoms with Crippen LogP contribution in [0.25, 0.3) is 0 Å². The molecule has 0 bridgehead atoms. The van der Waals surface area contributed by atoms with Gasteiger partial charge >= 0.3 is 6.03 Å². The summed E-state index contributed by atoms with van der Waals surface area (Å²) in [6.45, 7) is 3.79. The summed E-state index contributed by atoms with van der Waals surface area (Å²) in [6, 6.07) is 9.90. The Morgan fingerprint density at radius 2 is 2.05 bits per heavy atom. The largest absolute Gasteiger partial charge is 0.405 e. The second-order valence-electron chi connectivity index (χ2n) is 5.65. The smallest absolute Gasteiger partial charge is 0.316 e. The molecule has 0 aromatic heterocycles. The number of urea groups is 1. The molecule has 4 nitrogen and oxygen atoms in total. The van der Waals surface area contributed by atoms with Crippen molar-refractivity contribution in [1.82, 2.24) is 5.32 Å². The molecule has 1 fully saturated rings. The zero-order chi connectivity index (χ0) is 15.9. The van der Waals surface area contributed by atoms with E-state index >= 15 is 0 Å².